The molecule has 1 aromatic carbocycles. The molecule has 98 valence electrons. The predicted molar refractivity (Wildman–Crippen MR) is 73.2 cm³/mol. The number of H-pyrrole nitrogens is 1. The minimum Gasteiger partial charge on any atom is -0.493 e. The van der Waals surface area contributed by atoms with Crippen LogP contribution in [0.2, 0.25) is 0 Å². The van der Waals surface area contributed by atoms with Crippen LogP contribution >= 0.6 is 0 Å². The zero-order valence-electron chi connectivity index (χ0n) is 10.8. The third-order valence-electron chi connectivity index (χ3n) is 4.02. The number of nitrogens with one attached hydrogen (secondary N) is 2. The molecule has 3 heterocycles. The van der Waals surface area contributed by atoms with Gasteiger partial charge >= 0.3 is 0 Å². The Morgan fingerprint density at radius 2 is 2.26 bits per heavy atom. The number of aromatic nitrogens is 2. The summed E-state index contributed by atoms with van der Waals surface area (Å²) in [6, 6.07) is 8.95. The Balaban J connectivity index is 1.65. The summed E-state index contributed by atoms with van der Waals surface area (Å²) in [7, 11) is 0. The minimum atomic E-state index is 0.444. The highest BCUT2D eigenvalue weighted by molar-refractivity contribution is 5.63. The number of rotatable bonds is 2. The number of nitrogens with zero attached hydrogens (tertiary/aromatic N) is 1. The molecule has 4 heteroatoms. The second kappa shape index (κ2) is 4.38. The molecule has 1 saturated heterocycles. The van der Waals surface area contributed by atoms with Crippen LogP contribution in [0, 0.1) is 0 Å². The van der Waals surface area contributed by atoms with Crippen LogP contribution in [0.3, 0.4) is 0 Å². The van der Waals surface area contributed by atoms with E-state index in [9.17, 15) is 0 Å². The van der Waals surface area contributed by atoms with Gasteiger partial charge in [-0.1, -0.05) is 0 Å². The van der Waals surface area contributed by atoms with Crippen molar-refractivity contribution in [1.29, 1.82) is 0 Å². The first-order chi connectivity index (χ1) is 9.40. The summed E-state index contributed by atoms with van der Waals surface area (Å²) in [6.45, 7) is 1.91. The lowest BCUT2D eigenvalue weighted by Crippen LogP contribution is -2.12. The molecule has 1 atom stereocenters. The molecule has 1 fully saturated rings. The molecule has 1 unspecified atom stereocenters. The highest BCUT2D eigenvalue weighted by Gasteiger charge is 2.19. The number of fused-ring (bicyclic) bond motifs is 1. The summed E-state index contributed by atoms with van der Waals surface area (Å²) in [4.78, 5) is 0. The fourth-order valence-corrected chi connectivity index (χ4v) is 2.96. The van der Waals surface area contributed by atoms with Gasteiger partial charge in [-0.3, -0.25) is 5.10 Å². The largest absolute Gasteiger partial charge is 0.493 e. The first kappa shape index (κ1) is 11.1. The van der Waals surface area contributed by atoms with Crippen LogP contribution in [0.5, 0.6) is 5.75 Å². The summed E-state index contributed by atoms with van der Waals surface area (Å²) < 4.78 is 5.54. The molecule has 0 saturated carbocycles. The van der Waals surface area contributed by atoms with Crippen LogP contribution in [0.4, 0.5) is 0 Å². The van der Waals surface area contributed by atoms with Crippen molar-refractivity contribution in [2.24, 2.45) is 0 Å². The first-order valence-corrected chi connectivity index (χ1v) is 6.95. The fourth-order valence-electron chi connectivity index (χ4n) is 2.96. The van der Waals surface area contributed by atoms with Gasteiger partial charge in [0.15, 0.2) is 0 Å². The van der Waals surface area contributed by atoms with Crippen molar-refractivity contribution in [3.63, 3.8) is 0 Å². The van der Waals surface area contributed by atoms with Gasteiger partial charge in [0.2, 0.25) is 0 Å². The molecule has 4 nitrogen and oxygen atoms in total. The van der Waals surface area contributed by atoms with E-state index in [1.165, 1.54) is 29.7 Å². The maximum atomic E-state index is 5.54. The van der Waals surface area contributed by atoms with Gasteiger partial charge < -0.3 is 10.1 Å². The first-order valence-electron chi connectivity index (χ1n) is 6.95. The van der Waals surface area contributed by atoms with Gasteiger partial charge in [-0.25, -0.2) is 0 Å². The van der Waals surface area contributed by atoms with E-state index in [2.05, 4.69) is 39.8 Å². The molecule has 1 aromatic heterocycles. The van der Waals surface area contributed by atoms with Gasteiger partial charge in [0, 0.05) is 18.0 Å². The van der Waals surface area contributed by atoms with E-state index < -0.39 is 0 Å². The molecule has 2 N–H and O–H groups in total. The molecule has 4 rings (SSSR count). The third kappa shape index (κ3) is 1.92. The van der Waals surface area contributed by atoms with E-state index in [0.717, 1.165) is 31.0 Å². The summed E-state index contributed by atoms with van der Waals surface area (Å²) in [5.41, 5.74) is 4.69. The molecule has 19 heavy (non-hydrogen) atoms. The Hall–Kier alpha value is -1.81. The highest BCUT2D eigenvalue weighted by Crippen LogP contribution is 2.31. The lowest BCUT2D eigenvalue weighted by Gasteiger charge is -2.05. The quantitative estimate of drug-likeness (QED) is 0.866. The summed E-state index contributed by atoms with van der Waals surface area (Å²) in [5.74, 6) is 1.02. The van der Waals surface area contributed by atoms with Crippen molar-refractivity contribution >= 4 is 0 Å². The molecule has 2 aromatic rings. The van der Waals surface area contributed by atoms with E-state index in [4.69, 9.17) is 4.74 Å². The van der Waals surface area contributed by atoms with Crippen molar-refractivity contribution in [1.82, 2.24) is 15.5 Å². The van der Waals surface area contributed by atoms with Crippen LogP contribution < -0.4 is 10.1 Å². The molecule has 0 aliphatic carbocycles. The SMILES string of the molecule is c1cc2c(cc1-c1cc(C3CCCN3)[nH]n1)CCO2. The second-order valence-electron chi connectivity index (χ2n) is 5.28. The lowest BCUT2D eigenvalue weighted by atomic mass is 10.1. The van der Waals surface area contributed by atoms with Gasteiger partial charge in [-0.05, 0) is 49.2 Å². The Bertz CT molecular complexity index is 599. The average Bonchev–Trinajstić information content (AvgIpc) is 3.18. The van der Waals surface area contributed by atoms with Crippen LogP contribution in [0.1, 0.15) is 30.1 Å². The highest BCUT2D eigenvalue weighted by atomic mass is 16.5. The fraction of sp³-hybridized carbons (Fsp3) is 0.400. The summed E-state index contributed by atoms with van der Waals surface area (Å²) in [5, 5.41) is 11.1. The normalized spacial score (nSPS) is 21.4. The van der Waals surface area contributed by atoms with Gasteiger partial charge in [0.25, 0.3) is 0 Å². The predicted octanol–water partition coefficient (Wildman–Crippen LogP) is 2.44. The smallest absolute Gasteiger partial charge is 0.122 e. The number of aromatic amines is 1. The van der Waals surface area contributed by atoms with Crippen LogP contribution in [-0.4, -0.2) is 23.3 Å². The van der Waals surface area contributed by atoms with Crippen molar-refractivity contribution < 1.29 is 4.74 Å². The summed E-state index contributed by atoms with van der Waals surface area (Å²) >= 11 is 0. The number of benzene rings is 1. The van der Waals surface area contributed by atoms with Crippen molar-refractivity contribution in [2.75, 3.05) is 13.2 Å². The van der Waals surface area contributed by atoms with E-state index >= 15 is 0 Å². The van der Waals surface area contributed by atoms with Crippen LogP contribution in [0.15, 0.2) is 24.3 Å². The van der Waals surface area contributed by atoms with E-state index in [1.54, 1.807) is 0 Å². The molecule has 0 radical (unpaired) electrons. The lowest BCUT2D eigenvalue weighted by molar-refractivity contribution is 0.357. The van der Waals surface area contributed by atoms with Gasteiger partial charge in [-0.2, -0.15) is 5.10 Å². The Kier molecular flexibility index (Phi) is 2.55. The standard InChI is InChI=1S/C15H17N3O/c1-2-12(16-6-1)14-9-13(17-18-14)10-3-4-15-11(8-10)5-7-19-15/h3-4,8-9,12,16H,1-2,5-7H2,(H,17,18). The van der Waals surface area contributed by atoms with Gasteiger partial charge in [-0.15, -0.1) is 0 Å². The van der Waals surface area contributed by atoms with E-state index in [-0.39, 0.29) is 0 Å². The van der Waals surface area contributed by atoms with Gasteiger partial charge in [0.1, 0.15) is 5.75 Å². The number of ether oxygens (including phenoxy) is 1. The minimum absolute atomic E-state index is 0.444. The molecule has 2 aliphatic heterocycles. The van der Waals surface area contributed by atoms with Crippen molar-refractivity contribution in [2.45, 2.75) is 25.3 Å². The monoisotopic (exact) mass is 255 g/mol. The topological polar surface area (TPSA) is 49.9 Å². The van der Waals surface area contributed by atoms with Crippen LogP contribution in [-0.2, 0) is 6.42 Å². The number of hydrogen-bond donors (Lipinski definition) is 2. The Morgan fingerprint density at radius 1 is 1.26 bits per heavy atom. The Labute approximate surface area is 112 Å². The van der Waals surface area contributed by atoms with E-state index in [1.807, 2.05) is 0 Å². The third-order valence-corrected chi connectivity index (χ3v) is 4.02. The van der Waals surface area contributed by atoms with Crippen molar-refractivity contribution in [3.05, 3.63) is 35.5 Å². The van der Waals surface area contributed by atoms with E-state index in [0.29, 0.717) is 6.04 Å². The average molecular weight is 255 g/mol. The van der Waals surface area contributed by atoms with Gasteiger partial charge in [0.05, 0.1) is 18.0 Å². The maximum Gasteiger partial charge on any atom is 0.122 e. The molecular formula is C15H17N3O. The zero-order chi connectivity index (χ0) is 12.7. The Morgan fingerprint density at radius 3 is 3.16 bits per heavy atom. The zero-order valence-corrected chi connectivity index (χ0v) is 10.8. The molecule has 0 amide bonds. The maximum absolute atomic E-state index is 5.54. The summed E-state index contributed by atoms with van der Waals surface area (Å²) in [6.07, 6.45) is 3.44. The van der Waals surface area contributed by atoms with Crippen LogP contribution in [0.25, 0.3) is 11.3 Å². The molecule has 0 spiro atoms. The van der Waals surface area contributed by atoms with Crippen molar-refractivity contribution in [3.8, 4) is 17.0 Å². The molecule has 0 bridgehead atoms. The second-order valence-corrected chi connectivity index (χ2v) is 5.28. The number of hydrogen-bond acceptors (Lipinski definition) is 3. The molecule has 2 aliphatic rings. The molecular weight excluding hydrogens is 238 g/mol.